The van der Waals surface area contributed by atoms with Crippen LogP contribution in [-0.2, 0) is 4.74 Å². The molecule has 0 atom stereocenters. The van der Waals surface area contributed by atoms with E-state index in [9.17, 15) is 0 Å². The lowest BCUT2D eigenvalue weighted by Crippen LogP contribution is -2.03. The predicted molar refractivity (Wildman–Crippen MR) is 39.1 cm³/mol. The highest BCUT2D eigenvalue weighted by molar-refractivity contribution is 6.80. The molecule has 1 saturated heterocycles. The highest BCUT2D eigenvalue weighted by atomic mass is 35.6. The van der Waals surface area contributed by atoms with Crippen molar-refractivity contribution in [2.45, 2.75) is 19.3 Å². The molecule has 0 bridgehead atoms. The molecule has 0 saturated carbocycles. The zero-order valence-electron chi connectivity index (χ0n) is 5.32. The van der Waals surface area contributed by atoms with Crippen LogP contribution in [0, 0.1) is 0 Å². The van der Waals surface area contributed by atoms with Crippen molar-refractivity contribution in [3.63, 3.8) is 0 Å². The fourth-order valence-electron chi connectivity index (χ4n) is 0.687. The van der Waals surface area contributed by atoms with E-state index in [2.05, 4.69) is 0 Å². The SMILES string of the molecule is C1CCOCC1.[AlH2][Cl]. The van der Waals surface area contributed by atoms with E-state index in [4.69, 9.17) is 14.8 Å². The first-order chi connectivity index (χ1) is 4.00. The normalized spacial score (nSPS) is 18.6. The molecule has 48 valence electrons. The summed E-state index contributed by atoms with van der Waals surface area (Å²) in [6.45, 7) is 2.00. The number of rotatable bonds is 0. The van der Waals surface area contributed by atoms with Crippen molar-refractivity contribution in [3.8, 4) is 0 Å². The van der Waals surface area contributed by atoms with Gasteiger partial charge in [0.1, 0.15) is 0 Å². The molecule has 1 fully saturated rings. The topological polar surface area (TPSA) is 9.23 Å². The molecule has 0 spiro atoms. The van der Waals surface area contributed by atoms with E-state index in [1.807, 2.05) is 0 Å². The second-order valence-electron chi connectivity index (χ2n) is 1.67. The lowest BCUT2D eigenvalue weighted by molar-refractivity contribution is 0.0968. The van der Waals surface area contributed by atoms with Crippen LogP contribution in [-0.4, -0.2) is 28.6 Å². The standard InChI is InChI=1S/C5H10O.Al.ClH.2H/c1-2-4-6-5-3-1;;;;/h1-5H2;;1H;;/q;+1;;;/p-1. The van der Waals surface area contributed by atoms with Crippen LogP contribution < -0.4 is 0 Å². The summed E-state index contributed by atoms with van der Waals surface area (Å²) in [6, 6.07) is 0. The number of hydrogen-bond donors (Lipinski definition) is 0. The lowest BCUT2D eigenvalue weighted by atomic mass is 10.2. The van der Waals surface area contributed by atoms with Gasteiger partial charge in [0, 0.05) is 13.2 Å². The smallest absolute Gasteiger partial charge is 0.353 e. The molecule has 1 nitrogen and oxygen atoms in total. The molecule has 1 heterocycles. The molecule has 0 unspecified atom stereocenters. The van der Waals surface area contributed by atoms with Gasteiger partial charge in [-0.15, -0.1) is 0 Å². The van der Waals surface area contributed by atoms with Crippen molar-refractivity contribution in [3.05, 3.63) is 0 Å². The summed E-state index contributed by atoms with van der Waals surface area (Å²) in [5.74, 6) is 0. The van der Waals surface area contributed by atoms with Crippen molar-refractivity contribution in [1.82, 2.24) is 0 Å². The van der Waals surface area contributed by atoms with Crippen molar-refractivity contribution in [2.75, 3.05) is 13.2 Å². The molecule has 0 aromatic rings. The molecule has 3 heteroatoms. The van der Waals surface area contributed by atoms with Crippen molar-refractivity contribution >= 4 is 25.4 Å². The Labute approximate surface area is 63.0 Å². The summed E-state index contributed by atoms with van der Waals surface area (Å²) < 4.78 is 5.07. The van der Waals surface area contributed by atoms with E-state index in [1.165, 1.54) is 19.3 Å². The molecule has 1 rings (SSSR count). The summed E-state index contributed by atoms with van der Waals surface area (Å²) in [4.78, 5) is 0. The first kappa shape index (κ1) is 8.78. The first-order valence-electron chi connectivity index (χ1n) is 2.96. The Morgan fingerprint density at radius 3 is 1.62 bits per heavy atom. The Hall–Kier alpha value is 0.782. The third-order valence-corrected chi connectivity index (χ3v) is 1.08. The molecule has 0 aromatic carbocycles. The third-order valence-electron chi connectivity index (χ3n) is 1.08. The minimum Gasteiger partial charge on any atom is -0.381 e. The highest BCUT2D eigenvalue weighted by Crippen LogP contribution is 2.01. The van der Waals surface area contributed by atoms with Crippen LogP contribution in [0.2, 0.25) is 0 Å². The first-order valence-corrected chi connectivity index (χ1v) is 5.98. The monoisotopic (exact) mass is 150 g/mol. The van der Waals surface area contributed by atoms with Crippen LogP contribution in [0.15, 0.2) is 0 Å². The lowest BCUT2D eigenvalue weighted by Gasteiger charge is -2.08. The summed E-state index contributed by atoms with van der Waals surface area (Å²) in [5.41, 5.74) is 0. The second-order valence-corrected chi connectivity index (χ2v) is 1.67. The van der Waals surface area contributed by atoms with Crippen molar-refractivity contribution in [1.29, 1.82) is 0 Å². The molecule has 0 radical (unpaired) electrons. The maximum Gasteiger partial charge on any atom is 0.353 e. The minimum atomic E-state index is 0.778. The molecule has 1 aliphatic rings. The molecule has 0 aromatic heterocycles. The Kier molecular flexibility index (Phi) is 8.54. The Balaban J connectivity index is 0.000000222. The summed E-state index contributed by atoms with van der Waals surface area (Å²) in [6.07, 6.45) is 3.93. The molecule has 8 heavy (non-hydrogen) atoms. The Bertz CT molecular complexity index is 27.9. The molecular formula is C5H12AlClO. The average molecular weight is 151 g/mol. The quantitative estimate of drug-likeness (QED) is 0.468. The van der Waals surface area contributed by atoms with E-state index in [0.717, 1.165) is 28.6 Å². The Morgan fingerprint density at radius 2 is 1.50 bits per heavy atom. The number of hydrogen-bond acceptors (Lipinski definition) is 1. The van der Waals surface area contributed by atoms with Crippen LogP contribution in [0.1, 0.15) is 19.3 Å². The van der Waals surface area contributed by atoms with Crippen LogP contribution in [0.25, 0.3) is 0 Å². The Morgan fingerprint density at radius 1 is 1.00 bits per heavy atom. The van der Waals surface area contributed by atoms with Gasteiger partial charge in [-0.2, -0.15) is 0 Å². The van der Waals surface area contributed by atoms with Gasteiger partial charge in [0.25, 0.3) is 0 Å². The van der Waals surface area contributed by atoms with Crippen LogP contribution in [0.3, 0.4) is 0 Å². The van der Waals surface area contributed by atoms with Crippen molar-refractivity contribution in [2.24, 2.45) is 0 Å². The van der Waals surface area contributed by atoms with Gasteiger partial charge in [-0.05, 0) is 19.3 Å². The van der Waals surface area contributed by atoms with Gasteiger partial charge in [0.05, 0.1) is 0 Å². The second kappa shape index (κ2) is 7.78. The summed E-state index contributed by atoms with van der Waals surface area (Å²) >= 11 is 0.778. The summed E-state index contributed by atoms with van der Waals surface area (Å²) in [7, 11) is 4.78. The third kappa shape index (κ3) is 4.93. The van der Waals surface area contributed by atoms with E-state index in [-0.39, 0.29) is 0 Å². The van der Waals surface area contributed by atoms with Gasteiger partial charge in [-0.25, -0.2) is 0 Å². The van der Waals surface area contributed by atoms with Gasteiger partial charge >= 0.3 is 15.4 Å². The fraction of sp³-hybridized carbons (Fsp3) is 1.00. The minimum absolute atomic E-state index is 0.778. The van der Waals surface area contributed by atoms with Gasteiger partial charge in [-0.1, -0.05) is 0 Å². The average Bonchev–Trinajstić information content (AvgIpc) is 1.96. The van der Waals surface area contributed by atoms with Gasteiger partial charge < -0.3 is 4.74 Å². The van der Waals surface area contributed by atoms with E-state index in [0.29, 0.717) is 0 Å². The van der Waals surface area contributed by atoms with E-state index >= 15 is 0 Å². The van der Waals surface area contributed by atoms with Crippen LogP contribution in [0.4, 0.5) is 0 Å². The van der Waals surface area contributed by atoms with Gasteiger partial charge in [-0.3, -0.25) is 10.0 Å². The van der Waals surface area contributed by atoms with E-state index in [1.54, 1.807) is 0 Å². The zero-order valence-corrected chi connectivity index (χ0v) is 8.08. The molecule has 0 aliphatic carbocycles. The molecule has 0 N–H and O–H groups in total. The van der Waals surface area contributed by atoms with E-state index < -0.39 is 0 Å². The zero-order chi connectivity index (χ0) is 6.24. The van der Waals surface area contributed by atoms with Crippen LogP contribution in [0.5, 0.6) is 0 Å². The predicted octanol–water partition coefficient (Wildman–Crippen LogP) is 0.960. The van der Waals surface area contributed by atoms with Gasteiger partial charge in [0.2, 0.25) is 0 Å². The molecular weight excluding hydrogens is 138 g/mol. The maximum absolute atomic E-state index is 5.07. The largest absolute Gasteiger partial charge is 0.381 e. The van der Waals surface area contributed by atoms with Crippen molar-refractivity contribution < 1.29 is 4.74 Å². The highest BCUT2D eigenvalue weighted by Gasteiger charge is 1.94. The van der Waals surface area contributed by atoms with Crippen LogP contribution >= 0.6 is 10.0 Å². The molecule has 0 amide bonds. The summed E-state index contributed by atoms with van der Waals surface area (Å²) in [5, 5.41) is 0. The molecule has 1 aliphatic heterocycles. The number of ether oxygens (including phenoxy) is 1. The number of halogens is 1. The maximum atomic E-state index is 5.07. The van der Waals surface area contributed by atoms with Gasteiger partial charge in [0.15, 0.2) is 0 Å². The fourth-order valence-corrected chi connectivity index (χ4v) is 0.687.